The summed E-state index contributed by atoms with van der Waals surface area (Å²) in [6.45, 7) is 10.2. The molecular formula is C22H28N2O4. The van der Waals surface area contributed by atoms with E-state index >= 15 is 0 Å². The Hall–Kier alpha value is -2.76. The fourth-order valence-electron chi connectivity index (χ4n) is 3.23. The summed E-state index contributed by atoms with van der Waals surface area (Å²) in [7, 11) is 0. The molecule has 0 spiro atoms. The van der Waals surface area contributed by atoms with Crippen molar-refractivity contribution >= 4 is 11.8 Å². The molecule has 1 unspecified atom stereocenters. The smallest absolute Gasteiger partial charge is 0.289 e. The normalized spacial score (nSPS) is 16.0. The topological polar surface area (TPSA) is 63.0 Å². The number of hydrogen-bond donors (Lipinski definition) is 0. The van der Waals surface area contributed by atoms with Gasteiger partial charge in [-0.05, 0) is 42.2 Å². The summed E-state index contributed by atoms with van der Waals surface area (Å²) >= 11 is 0. The van der Waals surface area contributed by atoms with E-state index in [4.69, 9.17) is 9.15 Å². The Bertz CT molecular complexity index is 798. The summed E-state index contributed by atoms with van der Waals surface area (Å²) in [5, 5.41) is 0. The highest BCUT2D eigenvalue weighted by molar-refractivity contribution is 5.91. The van der Waals surface area contributed by atoms with E-state index in [-0.39, 0.29) is 17.2 Å². The Morgan fingerprint density at radius 2 is 1.61 bits per heavy atom. The predicted molar refractivity (Wildman–Crippen MR) is 106 cm³/mol. The fourth-order valence-corrected chi connectivity index (χ4v) is 3.23. The first-order valence-corrected chi connectivity index (χ1v) is 9.64. The zero-order chi connectivity index (χ0) is 20.3. The lowest BCUT2D eigenvalue weighted by Gasteiger charge is -2.35. The van der Waals surface area contributed by atoms with E-state index in [1.807, 2.05) is 24.3 Å². The van der Waals surface area contributed by atoms with Gasteiger partial charge < -0.3 is 19.0 Å². The van der Waals surface area contributed by atoms with Gasteiger partial charge in [-0.3, -0.25) is 9.59 Å². The molecule has 0 radical (unpaired) electrons. The van der Waals surface area contributed by atoms with Crippen molar-refractivity contribution in [1.82, 2.24) is 9.80 Å². The molecule has 0 bridgehead atoms. The Kier molecular flexibility index (Phi) is 5.77. The first-order chi connectivity index (χ1) is 13.3. The molecule has 1 fully saturated rings. The van der Waals surface area contributed by atoms with Crippen molar-refractivity contribution in [2.75, 3.05) is 26.2 Å². The average Bonchev–Trinajstić information content (AvgIpc) is 3.21. The Balaban J connectivity index is 1.52. The van der Waals surface area contributed by atoms with E-state index in [9.17, 15) is 9.59 Å². The van der Waals surface area contributed by atoms with Gasteiger partial charge in [0.05, 0.1) is 6.26 Å². The largest absolute Gasteiger partial charge is 0.481 e. The van der Waals surface area contributed by atoms with Crippen LogP contribution in [-0.4, -0.2) is 53.9 Å². The molecule has 1 aromatic heterocycles. The molecule has 0 aliphatic carbocycles. The second kappa shape index (κ2) is 8.09. The molecule has 1 aliphatic heterocycles. The van der Waals surface area contributed by atoms with Crippen LogP contribution in [0.5, 0.6) is 5.75 Å². The van der Waals surface area contributed by atoms with E-state index in [1.165, 1.54) is 11.8 Å². The lowest BCUT2D eigenvalue weighted by atomic mass is 9.87. The SMILES string of the molecule is CC(Oc1ccc(C(C)(C)C)cc1)C(=O)N1CCN(C(=O)c2ccco2)CC1. The zero-order valence-corrected chi connectivity index (χ0v) is 17.0. The van der Waals surface area contributed by atoms with Gasteiger partial charge in [0, 0.05) is 26.2 Å². The van der Waals surface area contributed by atoms with Crippen LogP contribution in [0.1, 0.15) is 43.8 Å². The number of piperazine rings is 1. The monoisotopic (exact) mass is 384 g/mol. The van der Waals surface area contributed by atoms with Gasteiger partial charge in [0.2, 0.25) is 0 Å². The van der Waals surface area contributed by atoms with Gasteiger partial charge in [-0.2, -0.15) is 0 Å². The lowest BCUT2D eigenvalue weighted by Crippen LogP contribution is -2.53. The number of ether oxygens (including phenoxy) is 1. The third kappa shape index (κ3) is 4.55. The van der Waals surface area contributed by atoms with Crippen molar-refractivity contribution in [3.63, 3.8) is 0 Å². The van der Waals surface area contributed by atoms with Crippen LogP contribution in [0.15, 0.2) is 47.1 Å². The van der Waals surface area contributed by atoms with E-state index in [1.54, 1.807) is 28.9 Å². The number of carbonyl (C=O) groups excluding carboxylic acids is 2. The highest BCUT2D eigenvalue weighted by Gasteiger charge is 2.29. The lowest BCUT2D eigenvalue weighted by molar-refractivity contribution is -0.139. The maximum absolute atomic E-state index is 12.7. The van der Waals surface area contributed by atoms with Crippen molar-refractivity contribution in [2.24, 2.45) is 0 Å². The minimum Gasteiger partial charge on any atom is -0.481 e. The Morgan fingerprint density at radius 3 is 2.14 bits per heavy atom. The molecule has 3 rings (SSSR count). The second-order valence-electron chi connectivity index (χ2n) is 8.13. The summed E-state index contributed by atoms with van der Waals surface area (Å²) in [4.78, 5) is 28.5. The van der Waals surface area contributed by atoms with Crippen LogP contribution in [0.3, 0.4) is 0 Å². The molecule has 28 heavy (non-hydrogen) atoms. The van der Waals surface area contributed by atoms with Crippen molar-refractivity contribution in [3.8, 4) is 5.75 Å². The Labute approximate surface area is 166 Å². The molecule has 1 atom stereocenters. The standard InChI is InChI=1S/C22H28N2O4/c1-16(28-18-9-7-17(8-10-18)22(2,3)4)20(25)23-11-13-24(14-12-23)21(26)19-6-5-15-27-19/h5-10,15-16H,11-14H2,1-4H3. The zero-order valence-electron chi connectivity index (χ0n) is 17.0. The second-order valence-corrected chi connectivity index (χ2v) is 8.13. The third-order valence-electron chi connectivity index (χ3n) is 4.99. The van der Waals surface area contributed by atoms with E-state index in [0.717, 1.165) is 0 Å². The highest BCUT2D eigenvalue weighted by atomic mass is 16.5. The predicted octanol–water partition coefficient (Wildman–Crippen LogP) is 3.33. The molecule has 0 saturated carbocycles. The van der Waals surface area contributed by atoms with E-state index < -0.39 is 6.10 Å². The van der Waals surface area contributed by atoms with Crippen LogP contribution >= 0.6 is 0 Å². The van der Waals surface area contributed by atoms with Crippen molar-refractivity contribution < 1.29 is 18.7 Å². The minimum atomic E-state index is -0.576. The molecule has 2 aromatic rings. The average molecular weight is 384 g/mol. The molecule has 1 aliphatic rings. The van der Waals surface area contributed by atoms with Gasteiger partial charge in [-0.1, -0.05) is 32.9 Å². The number of benzene rings is 1. The number of nitrogens with zero attached hydrogens (tertiary/aromatic N) is 2. The number of amides is 2. The first-order valence-electron chi connectivity index (χ1n) is 9.64. The van der Waals surface area contributed by atoms with E-state index in [0.29, 0.717) is 37.7 Å². The summed E-state index contributed by atoms with van der Waals surface area (Å²) in [6.07, 6.45) is 0.910. The van der Waals surface area contributed by atoms with Crippen molar-refractivity contribution in [1.29, 1.82) is 0 Å². The van der Waals surface area contributed by atoms with Crippen LogP contribution in [0, 0.1) is 0 Å². The van der Waals surface area contributed by atoms with Gasteiger partial charge in [0.1, 0.15) is 5.75 Å². The molecule has 150 valence electrons. The number of furan rings is 1. The quantitative estimate of drug-likeness (QED) is 0.811. The van der Waals surface area contributed by atoms with Crippen LogP contribution in [-0.2, 0) is 10.2 Å². The summed E-state index contributed by atoms with van der Waals surface area (Å²) in [6, 6.07) is 11.2. The first kappa shape index (κ1) is 20.0. The molecule has 1 saturated heterocycles. The maximum Gasteiger partial charge on any atom is 0.289 e. The van der Waals surface area contributed by atoms with Gasteiger partial charge in [-0.25, -0.2) is 0 Å². The maximum atomic E-state index is 12.7. The number of rotatable bonds is 4. The van der Waals surface area contributed by atoms with Crippen LogP contribution < -0.4 is 4.74 Å². The van der Waals surface area contributed by atoms with Crippen LogP contribution in [0.4, 0.5) is 0 Å². The van der Waals surface area contributed by atoms with Crippen LogP contribution in [0.2, 0.25) is 0 Å². The van der Waals surface area contributed by atoms with Crippen LogP contribution in [0.25, 0.3) is 0 Å². The molecular weight excluding hydrogens is 356 g/mol. The van der Waals surface area contributed by atoms with Crippen molar-refractivity contribution in [2.45, 2.75) is 39.2 Å². The van der Waals surface area contributed by atoms with Gasteiger partial charge in [0.25, 0.3) is 11.8 Å². The summed E-state index contributed by atoms with van der Waals surface area (Å²) < 4.78 is 11.0. The molecule has 2 amide bonds. The molecule has 0 N–H and O–H groups in total. The van der Waals surface area contributed by atoms with E-state index in [2.05, 4.69) is 20.8 Å². The minimum absolute atomic E-state index is 0.0648. The van der Waals surface area contributed by atoms with Gasteiger partial charge >= 0.3 is 0 Å². The third-order valence-corrected chi connectivity index (χ3v) is 4.99. The fraction of sp³-hybridized carbons (Fsp3) is 0.455. The van der Waals surface area contributed by atoms with Gasteiger partial charge in [-0.15, -0.1) is 0 Å². The molecule has 2 heterocycles. The summed E-state index contributed by atoms with van der Waals surface area (Å²) in [5.74, 6) is 0.806. The highest BCUT2D eigenvalue weighted by Crippen LogP contribution is 2.25. The molecule has 6 heteroatoms. The van der Waals surface area contributed by atoms with Crippen molar-refractivity contribution in [3.05, 3.63) is 54.0 Å². The molecule has 6 nitrogen and oxygen atoms in total. The molecule has 1 aromatic carbocycles. The van der Waals surface area contributed by atoms with Gasteiger partial charge in [0.15, 0.2) is 11.9 Å². The summed E-state index contributed by atoms with van der Waals surface area (Å²) in [5.41, 5.74) is 1.29. The number of carbonyl (C=O) groups is 2. The Morgan fingerprint density at radius 1 is 1.00 bits per heavy atom. The number of hydrogen-bond acceptors (Lipinski definition) is 4.